The second kappa shape index (κ2) is 4.38. The minimum atomic E-state index is 0.559. The highest BCUT2D eigenvalue weighted by Gasteiger charge is 2.30. The summed E-state index contributed by atoms with van der Waals surface area (Å²) in [6, 6.07) is 0. The molecule has 2 nitrogen and oxygen atoms in total. The molecule has 1 aromatic heterocycles. The maximum Gasteiger partial charge on any atom is 0.0948 e. The van der Waals surface area contributed by atoms with Crippen LogP contribution in [0.5, 0.6) is 0 Å². The minimum absolute atomic E-state index is 0.559. The van der Waals surface area contributed by atoms with Crippen LogP contribution >= 0.6 is 0 Å². The summed E-state index contributed by atoms with van der Waals surface area (Å²) >= 11 is 0. The molecule has 0 aromatic carbocycles. The Morgan fingerprint density at radius 2 is 2.07 bits per heavy atom. The monoisotopic (exact) mass is 206 g/mol. The van der Waals surface area contributed by atoms with Crippen LogP contribution in [0, 0.1) is 12.3 Å². The molecule has 1 aliphatic rings. The summed E-state index contributed by atoms with van der Waals surface area (Å²) in [6.45, 7) is 5.67. The van der Waals surface area contributed by atoms with Gasteiger partial charge < -0.3 is 4.57 Å². The zero-order valence-electron chi connectivity index (χ0n) is 10.00. The quantitative estimate of drug-likeness (QED) is 0.739. The van der Waals surface area contributed by atoms with Crippen LogP contribution in [-0.2, 0) is 6.54 Å². The molecule has 1 aromatic rings. The minimum Gasteiger partial charge on any atom is -0.334 e. The fourth-order valence-electron chi connectivity index (χ4n) is 2.84. The molecule has 0 N–H and O–H groups in total. The lowest BCUT2D eigenvalue weighted by Gasteiger charge is -2.37. The number of hydrogen-bond donors (Lipinski definition) is 0. The van der Waals surface area contributed by atoms with Crippen LogP contribution in [0.3, 0.4) is 0 Å². The molecule has 2 rings (SSSR count). The smallest absolute Gasteiger partial charge is 0.0948 e. The van der Waals surface area contributed by atoms with Gasteiger partial charge in [-0.3, -0.25) is 0 Å². The van der Waals surface area contributed by atoms with E-state index >= 15 is 0 Å². The number of imidazole rings is 1. The molecule has 1 aliphatic carbocycles. The Bertz CT molecular complexity index is 308. The van der Waals surface area contributed by atoms with Crippen molar-refractivity contribution >= 4 is 0 Å². The lowest BCUT2D eigenvalue weighted by molar-refractivity contribution is 0.149. The number of hydrogen-bond acceptors (Lipinski definition) is 1. The van der Waals surface area contributed by atoms with Gasteiger partial charge in [0.1, 0.15) is 0 Å². The third kappa shape index (κ3) is 2.24. The molecule has 2 heteroatoms. The van der Waals surface area contributed by atoms with Gasteiger partial charge in [0, 0.05) is 18.4 Å². The van der Waals surface area contributed by atoms with Crippen LogP contribution in [-0.4, -0.2) is 9.55 Å². The molecule has 84 valence electrons. The Morgan fingerprint density at radius 3 is 2.60 bits per heavy atom. The van der Waals surface area contributed by atoms with E-state index in [9.17, 15) is 0 Å². The Balaban J connectivity index is 2.10. The lowest BCUT2D eigenvalue weighted by Crippen LogP contribution is -2.29. The van der Waals surface area contributed by atoms with Crippen molar-refractivity contribution in [3.8, 4) is 0 Å². The van der Waals surface area contributed by atoms with Crippen LogP contribution < -0.4 is 0 Å². The Hall–Kier alpha value is -0.790. The number of aromatic nitrogens is 2. The largest absolute Gasteiger partial charge is 0.334 e. The van der Waals surface area contributed by atoms with Gasteiger partial charge in [0.2, 0.25) is 0 Å². The summed E-state index contributed by atoms with van der Waals surface area (Å²) in [4.78, 5) is 4.22. The second-order valence-electron chi connectivity index (χ2n) is 5.08. The Morgan fingerprint density at radius 1 is 1.33 bits per heavy atom. The first-order valence-corrected chi connectivity index (χ1v) is 6.22. The summed E-state index contributed by atoms with van der Waals surface area (Å²) in [7, 11) is 0. The molecular formula is C13H22N2. The normalized spacial score (nSPS) is 20.4. The molecule has 0 spiro atoms. The zero-order valence-corrected chi connectivity index (χ0v) is 10.00. The molecule has 1 heterocycles. The molecule has 0 amide bonds. The van der Waals surface area contributed by atoms with Gasteiger partial charge in [-0.2, -0.15) is 0 Å². The Kier molecular flexibility index (Phi) is 3.13. The highest BCUT2D eigenvalue weighted by atomic mass is 15.0. The second-order valence-corrected chi connectivity index (χ2v) is 5.08. The van der Waals surface area contributed by atoms with Crippen molar-refractivity contribution in [1.29, 1.82) is 0 Å². The zero-order chi connectivity index (χ0) is 10.7. The third-order valence-corrected chi connectivity index (χ3v) is 4.09. The van der Waals surface area contributed by atoms with Gasteiger partial charge in [-0.05, 0) is 31.6 Å². The van der Waals surface area contributed by atoms with Crippen LogP contribution in [0.1, 0.15) is 51.1 Å². The molecule has 0 aliphatic heterocycles. The topological polar surface area (TPSA) is 17.8 Å². The first-order chi connectivity index (χ1) is 7.26. The first-order valence-electron chi connectivity index (χ1n) is 6.22. The van der Waals surface area contributed by atoms with Crippen molar-refractivity contribution in [2.45, 2.75) is 58.9 Å². The highest BCUT2D eigenvalue weighted by Crippen LogP contribution is 2.40. The summed E-state index contributed by atoms with van der Waals surface area (Å²) < 4.78 is 2.33. The molecule has 1 fully saturated rings. The van der Waals surface area contributed by atoms with E-state index in [0.717, 1.165) is 0 Å². The summed E-state index contributed by atoms with van der Waals surface area (Å²) in [5.41, 5.74) is 1.86. The van der Waals surface area contributed by atoms with E-state index in [1.807, 2.05) is 12.5 Å². The molecule has 1 saturated carbocycles. The van der Waals surface area contributed by atoms with E-state index in [1.54, 1.807) is 0 Å². The highest BCUT2D eigenvalue weighted by molar-refractivity contribution is 4.96. The van der Waals surface area contributed by atoms with E-state index in [0.29, 0.717) is 5.41 Å². The predicted molar refractivity (Wildman–Crippen MR) is 62.8 cm³/mol. The molecule has 0 radical (unpaired) electrons. The van der Waals surface area contributed by atoms with Gasteiger partial charge in [0.05, 0.1) is 6.33 Å². The number of aryl methyl sites for hydroxylation is 1. The van der Waals surface area contributed by atoms with Crippen molar-refractivity contribution in [2.75, 3.05) is 0 Å². The fourth-order valence-corrected chi connectivity index (χ4v) is 2.84. The molecule has 0 unspecified atom stereocenters. The molecular weight excluding hydrogens is 184 g/mol. The lowest BCUT2D eigenvalue weighted by atomic mass is 9.72. The van der Waals surface area contributed by atoms with Crippen molar-refractivity contribution in [3.05, 3.63) is 18.2 Å². The van der Waals surface area contributed by atoms with E-state index in [-0.39, 0.29) is 0 Å². The van der Waals surface area contributed by atoms with Gasteiger partial charge in [-0.15, -0.1) is 0 Å². The van der Waals surface area contributed by atoms with E-state index < -0.39 is 0 Å². The van der Waals surface area contributed by atoms with Crippen LogP contribution in [0.25, 0.3) is 0 Å². The average molecular weight is 206 g/mol. The average Bonchev–Trinajstić information content (AvgIpc) is 2.66. The van der Waals surface area contributed by atoms with Gasteiger partial charge in [0.15, 0.2) is 0 Å². The van der Waals surface area contributed by atoms with Gasteiger partial charge in [-0.1, -0.05) is 26.2 Å². The van der Waals surface area contributed by atoms with Gasteiger partial charge in [-0.25, -0.2) is 4.98 Å². The van der Waals surface area contributed by atoms with E-state index in [4.69, 9.17) is 0 Å². The molecule has 0 bridgehead atoms. The van der Waals surface area contributed by atoms with Crippen LogP contribution in [0.15, 0.2) is 12.5 Å². The maximum atomic E-state index is 4.22. The van der Waals surface area contributed by atoms with Crippen molar-refractivity contribution in [3.63, 3.8) is 0 Å². The van der Waals surface area contributed by atoms with Crippen molar-refractivity contribution in [2.24, 2.45) is 5.41 Å². The standard InChI is InChI=1S/C13H22N2/c1-3-13(7-5-4-6-8-13)10-15-11-14-9-12(15)2/h9,11H,3-8,10H2,1-2H3. The van der Waals surface area contributed by atoms with Crippen molar-refractivity contribution < 1.29 is 0 Å². The fraction of sp³-hybridized carbons (Fsp3) is 0.769. The Labute approximate surface area is 92.7 Å². The van der Waals surface area contributed by atoms with Crippen LogP contribution in [0.2, 0.25) is 0 Å². The van der Waals surface area contributed by atoms with E-state index in [1.165, 1.54) is 50.8 Å². The van der Waals surface area contributed by atoms with Gasteiger partial charge in [0.25, 0.3) is 0 Å². The summed E-state index contributed by atoms with van der Waals surface area (Å²) in [5, 5.41) is 0. The van der Waals surface area contributed by atoms with Crippen molar-refractivity contribution in [1.82, 2.24) is 9.55 Å². The van der Waals surface area contributed by atoms with E-state index in [2.05, 4.69) is 23.4 Å². The summed E-state index contributed by atoms with van der Waals surface area (Å²) in [6.07, 6.45) is 12.3. The summed E-state index contributed by atoms with van der Waals surface area (Å²) in [5.74, 6) is 0. The molecule has 15 heavy (non-hydrogen) atoms. The SMILES string of the molecule is CCC1(Cn2cncc2C)CCCCC1. The number of rotatable bonds is 3. The third-order valence-electron chi connectivity index (χ3n) is 4.09. The molecule has 0 atom stereocenters. The maximum absolute atomic E-state index is 4.22. The molecule has 0 saturated heterocycles. The van der Waals surface area contributed by atoms with Crippen LogP contribution in [0.4, 0.5) is 0 Å². The number of nitrogens with zero attached hydrogens (tertiary/aromatic N) is 2. The van der Waals surface area contributed by atoms with Gasteiger partial charge >= 0.3 is 0 Å². The predicted octanol–water partition coefficient (Wildman–Crippen LogP) is 3.55. The first kappa shape index (κ1) is 10.7.